The predicted molar refractivity (Wildman–Crippen MR) is 87.7 cm³/mol. The molecule has 0 radical (unpaired) electrons. The Labute approximate surface area is 131 Å². The average molecular weight is 300 g/mol. The number of hydrogen-bond donors (Lipinski definition) is 2. The third-order valence-electron chi connectivity index (χ3n) is 3.94. The number of furan rings is 1. The summed E-state index contributed by atoms with van der Waals surface area (Å²) >= 11 is 0. The highest BCUT2D eigenvalue weighted by Gasteiger charge is 2.37. The van der Waals surface area contributed by atoms with Crippen LogP contribution >= 0.6 is 0 Å². The lowest BCUT2D eigenvalue weighted by Gasteiger charge is -2.46. The second-order valence-corrected chi connectivity index (χ2v) is 7.39. The van der Waals surface area contributed by atoms with Crippen molar-refractivity contribution in [2.24, 2.45) is 0 Å². The van der Waals surface area contributed by atoms with E-state index in [0.29, 0.717) is 17.6 Å². The summed E-state index contributed by atoms with van der Waals surface area (Å²) in [6, 6.07) is 6.01. The first kappa shape index (κ1) is 15.0. The van der Waals surface area contributed by atoms with Crippen LogP contribution in [0.15, 0.2) is 35.1 Å². The van der Waals surface area contributed by atoms with Crippen molar-refractivity contribution in [3.63, 3.8) is 0 Å². The fraction of sp³-hybridized carbons (Fsp3) is 0.529. The van der Waals surface area contributed by atoms with E-state index in [1.165, 1.54) is 0 Å². The van der Waals surface area contributed by atoms with Gasteiger partial charge in [0.25, 0.3) is 0 Å². The summed E-state index contributed by atoms with van der Waals surface area (Å²) in [5.41, 5.74) is 0.215. The Kier molecular flexibility index (Phi) is 3.68. The van der Waals surface area contributed by atoms with Crippen LogP contribution < -0.4 is 10.6 Å². The highest BCUT2D eigenvalue weighted by Crippen LogP contribution is 2.30. The normalized spacial score (nSPS) is 20.7. The van der Waals surface area contributed by atoms with Crippen LogP contribution in [0.3, 0.4) is 0 Å². The number of nitrogens with zero attached hydrogens (tertiary/aromatic N) is 2. The molecule has 5 nitrogen and oxygen atoms in total. The molecule has 5 heteroatoms. The molecule has 0 unspecified atom stereocenters. The lowest BCUT2D eigenvalue weighted by Crippen LogP contribution is -2.60. The van der Waals surface area contributed by atoms with E-state index in [2.05, 4.69) is 48.3 Å². The van der Waals surface area contributed by atoms with Crippen molar-refractivity contribution in [1.82, 2.24) is 15.3 Å². The molecule has 3 rings (SSSR count). The molecule has 0 atom stereocenters. The van der Waals surface area contributed by atoms with Crippen molar-refractivity contribution >= 4 is 5.82 Å². The first-order valence-corrected chi connectivity index (χ1v) is 7.76. The number of anilines is 1. The van der Waals surface area contributed by atoms with Gasteiger partial charge in [0.05, 0.1) is 6.26 Å². The van der Waals surface area contributed by atoms with Gasteiger partial charge in [0, 0.05) is 23.3 Å². The van der Waals surface area contributed by atoms with E-state index < -0.39 is 0 Å². The highest BCUT2D eigenvalue weighted by atomic mass is 16.3. The minimum absolute atomic E-state index is 0.107. The van der Waals surface area contributed by atoms with Crippen LogP contribution in [0.5, 0.6) is 0 Å². The summed E-state index contributed by atoms with van der Waals surface area (Å²) in [6.45, 7) is 8.99. The SMILES string of the molecule is CC1(C)CC(Nc2ccnc(-c3ccco3)n2)CC(C)(C)N1. The van der Waals surface area contributed by atoms with E-state index in [0.717, 1.165) is 18.7 Å². The molecule has 1 aliphatic heterocycles. The van der Waals surface area contributed by atoms with Crippen LogP contribution in [0.1, 0.15) is 40.5 Å². The summed E-state index contributed by atoms with van der Waals surface area (Å²) in [6.07, 6.45) is 5.51. The van der Waals surface area contributed by atoms with Crippen molar-refractivity contribution in [2.75, 3.05) is 5.32 Å². The van der Waals surface area contributed by atoms with Crippen molar-refractivity contribution in [1.29, 1.82) is 0 Å². The summed E-state index contributed by atoms with van der Waals surface area (Å²) in [5, 5.41) is 7.26. The molecule has 0 saturated carbocycles. The Morgan fingerprint density at radius 2 is 1.91 bits per heavy atom. The zero-order valence-corrected chi connectivity index (χ0v) is 13.7. The maximum Gasteiger partial charge on any atom is 0.197 e. The molecular formula is C17H24N4O. The molecule has 0 aliphatic carbocycles. The van der Waals surface area contributed by atoms with Gasteiger partial charge in [0.2, 0.25) is 0 Å². The molecule has 0 bridgehead atoms. The smallest absolute Gasteiger partial charge is 0.197 e. The maximum absolute atomic E-state index is 5.37. The number of piperidine rings is 1. The Bertz CT molecular complexity index is 618. The van der Waals surface area contributed by atoms with Crippen molar-refractivity contribution in [2.45, 2.75) is 57.7 Å². The lowest BCUT2D eigenvalue weighted by atomic mass is 9.79. The van der Waals surface area contributed by atoms with Crippen LogP contribution in [0.2, 0.25) is 0 Å². The van der Waals surface area contributed by atoms with Crippen molar-refractivity contribution in [3.8, 4) is 11.6 Å². The zero-order chi connectivity index (χ0) is 15.8. The molecule has 22 heavy (non-hydrogen) atoms. The van der Waals surface area contributed by atoms with E-state index in [1.807, 2.05) is 18.2 Å². The largest absolute Gasteiger partial charge is 0.461 e. The van der Waals surface area contributed by atoms with Crippen LogP contribution in [0.4, 0.5) is 5.82 Å². The number of nitrogens with one attached hydrogen (secondary N) is 2. The van der Waals surface area contributed by atoms with Gasteiger partial charge in [-0.15, -0.1) is 0 Å². The third-order valence-corrected chi connectivity index (χ3v) is 3.94. The molecule has 2 aromatic rings. The first-order valence-electron chi connectivity index (χ1n) is 7.76. The molecule has 118 valence electrons. The quantitative estimate of drug-likeness (QED) is 0.909. The summed E-state index contributed by atoms with van der Waals surface area (Å²) in [7, 11) is 0. The molecule has 1 aliphatic rings. The molecule has 3 heterocycles. The van der Waals surface area contributed by atoms with Gasteiger partial charge in [-0.1, -0.05) is 0 Å². The van der Waals surface area contributed by atoms with Gasteiger partial charge in [0.15, 0.2) is 11.6 Å². The maximum atomic E-state index is 5.37. The molecule has 1 saturated heterocycles. The molecule has 2 N–H and O–H groups in total. The van der Waals surface area contributed by atoms with E-state index in [4.69, 9.17) is 4.42 Å². The summed E-state index contributed by atoms with van der Waals surface area (Å²) in [4.78, 5) is 8.84. The molecule has 0 amide bonds. The van der Waals surface area contributed by atoms with Crippen molar-refractivity contribution < 1.29 is 4.42 Å². The summed E-state index contributed by atoms with van der Waals surface area (Å²) in [5.74, 6) is 2.15. The van der Waals surface area contributed by atoms with Gasteiger partial charge in [-0.25, -0.2) is 9.97 Å². The van der Waals surface area contributed by atoms with Crippen molar-refractivity contribution in [3.05, 3.63) is 30.7 Å². The van der Waals surface area contributed by atoms with Crippen LogP contribution in [0.25, 0.3) is 11.6 Å². The van der Waals surface area contributed by atoms with Gasteiger partial charge < -0.3 is 15.1 Å². The Balaban J connectivity index is 1.77. The predicted octanol–water partition coefficient (Wildman–Crippen LogP) is 3.46. The molecular weight excluding hydrogens is 276 g/mol. The molecule has 2 aromatic heterocycles. The Morgan fingerprint density at radius 3 is 2.55 bits per heavy atom. The minimum Gasteiger partial charge on any atom is -0.461 e. The third kappa shape index (κ3) is 3.47. The first-order chi connectivity index (χ1) is 10.3. The van der Waals surface area contributed by atoms with E-state index >= 15 is 0 Å². The highest BCUT2D eigenvalue weighted by molar-refractivity contribution is 5.50. The molecule has 1 fully saturated rings. The second-order valence-electron chi connectivity index (χ2n) is 7.39. The summed E-state index contributed by atoms with van der Waals surface area (Å²) < 4.78 is 5.37. The van der Waals surface area contributed by atoms with Gasteiger partial charge in [-0.3, -0.25) is 0 Å². The fourth-order valence-electron chi connectivity index (χ4n) is 3.60. The lowest BCUT2D eigenvalue weighted by molar-refractivity contribution is 0.170. The second kappa shape index (κ2) is 5.39. The number of rotatable bonds is 3. The number of hydrogen-bond acceptors (Lipinski definition) is 5. The van der Waals surface area contributed by atoms with Crippen LogP contribution in [-0.2, 0) is 0 Å². The van der Waals surface area contributed by atoms with Gasteiger partial charge in [-0.05, 0) is 58.7 Å². The molecule has 0 aromatic carbocycles. The van der Waals surface area contributed by atoms with E-state index in [1.54, 1.807) is 12.5 Å². The average Bonchev–Trinajstić information content (AvgIpc) is 2.88. The van der Waals surface area contributed by atoms with Gasteiger partial charge in [-0.2, -0.15) is 0 Å². The van der Waals surface area contributed by atoms with Crippen LogP contribution in [0, 0.1) is 0 Å². The van der Waals surface area contributed by atoms with Gasteiger partial charge >= 0.3 is 0 Å². The fourth-order valence-corrected chi connectivity index (χ4v) is 3.60. The van der Waals surface area contributed by atoms with Gasteiger partial charge in [0.1, 0.15) is 5.82 Å². The Hall–Kier alpha value is -1.88. The van der Waals surface area contributed by atoms with E-state index in [-0.39, 0.29) is 11.1 Å². The Morgan fingerprint density at radius 1 is 1.18 bits per heavy atom. The van der Waals surface area contributed by atoms with Crippen LogP contribution in [-0.4, -0.2) is 27.1 Å². The number of aromatic nitrogens is 2. The standard InChI is InChI=1S/C17H24N4O/c1-16(2)10-12(11-17(3,4)21-16)19-14-7-8-18-15(20-14)13-6-5-9-22-13/h5-9,12,21H,10-11H2,1-4H3,(H,18,19,20). The zero-order valence-electron chi connectivity index (χ0n) is 13.7. The van der Waals surface area contributed by atoms with E-state index in [9.17, 15) is 0 Å². The monoisotopic (exact) mass is 300 g/mol. The topological polar surface area (TPSA) is 63.0 Å². The minimum atomic E-state index is 0.107. The molecule has 0 spiro atoms.